The SMILES string of the molecule is CCOC(=O)Nc1ccc2c(COC(=O)CNC(=O)c3ccc(OC)c(OC)c3)cc(=O)oc2c1. The molecule has 0 fully saturated rings. The number of carbonyl (C=O) groups excluding carboxylic acids is 3. The second-order valence-electron chi connectivity index (χ2n) is 7.06. The van der Waals surface area contributed by atoms with Gasteiger partial charge in [0.2, 0.25) is 0 Å². The summed E-state index contributed by atoms with van der Waals surface area (Å²) in [6.45, 7) is 1.27. The molecule has 0 aliphatic rings. The summed E-state index contributed by atoms with van der Waals surface area (Å²) in [5, 5.41) is 5.50. The van der Waals surface area contributed by atoms with E-state index in [2.05, 4.69) is 10.6 Å². The topological polar surface area (TPSA) is 142 Å². The van der Waals surface area contributed by atoms with Crippen LogP contribution in [0.15, 0.2) is 51.7 Å². The molecule has 0 aliphatic heterocycles. The van der Waals surface area contributed by atoms with Gasteiger partial charge < -0.3 is 28.7 Å². The number of esters is 1. The van der Waals surface area contributed by atoms with E-state index in [1.165, 1.54) is 38.5 Å². The average molecular weight is 484 g/mol. The van der Waals surface area contributed by atoms with Crippen LogP contribution in [0.5, 0.6) is 11.5 Å². The fourth-order valence-electron chi connectivity index (χ4n) is 3.15. The Balaban J connectivity index is 1.62. The van der Waals surface area contributed by atoms with Crippen LogP contribution in [0.3, 0.4) is 0 Å². The number of hydrogen-bond donors (Lipinski definition) is 2. The van der Waals surface area contributed by atoms with Gasteiger partial charge in [0.25, 0.3) is 5.91 Å². The van der Waals surface area contributed by atoms with Crippen LogP contribution >= 0.6 is 0 Å². The molecule has 0 bridgehead atoms. The van der Waals surface area contributed by atoms with E-state index in [0.29, 0.717) is 28.1 Å². The van der Waals surface area contributed by atoms with E-state index in [-0.39, 0.29) is 30.9 Å². The zero-order valence-corrected chi connectivity index (χ0v) is 19.3. The lowest BCUT2D eigenvalue weighted by Gasteiger charge is -2.11. The van der Waals surface area contributed by atoms with Crippen LogP contribution < -0.4 is 25.7 Å². The van der Waals surface area contributed by atoms with Crippen molar-refractivity contribution in [3.05, 3.63) is 64.0 Å². The van der Waals surface area contributed by atoms with Crippen molar-refractivity contribution >= 4 is 34.6 Å². The molecule has 2 aromatic carbocycles. The largest absolute Gasteiger partial charge is 0.493 e. The summed E-state index contributed by atoms with van der Waals surface area (Å²) in [7, 11) is 2.93. The Kier molecular flexibility index (Phi) is 8.28. The highest BCUT2D eigenvalue weighted by Gasteiger charge is 2.14. The number of hydrogen-bond acceptors (Lipinski definition) is 9. The monoisotopic (exact) mass is 484 g/mol. The lowest BCUT2D eigenvalue weighted by molar-refractivity contribution is -0.143. The number of nitrogens with one attached hydrogen (secondary N) is 2. The lowest BCUT2D eigenvalue weighted by atomic mass is 10.1. The smallest absolute Gasteiger partial charge is 0.411 e. The van der Waals surface area contributed by atoms with Gasteiger partial charge in [-0.25, -0.2) is 9.59 Å². The minimum Gasteiger partial charge on any atom is -0.493 e. The Labute approximate surface area is 199 Å². The van der Waals surface area contributed by atoms with Crippen molar-refractivity contribution in [1.82, 2.24) is 5.32 Å². The van der Waals surface area contributed by atoms with Crippen LogP contribution in [-0.2, 0) is 20.9 Å². The molecule has 184 valence electrons. The van der Waals surface area contributed by atoms with E-state index in [0.717, 1.165) is 0 Å². The Bertz CT molecular complexity index is 1300. The quantitative estimate of drug-likeness (QED) is 0.346. The fourth-order valence-corrected chi connectivity index (χ4v) is 3.15. The number of methoxy groups -OCH3 is 2. The maximum Gasteiger partial charge on any atom is 0.411 e. The van der Waals surface area contributed by atoms with Gasteiger partial charge in [0.1, 0.15) is 18.7 Å². The van der Waals surface area contributed by atoms with Crippen LogP contribution in [-0.4, -0.2) is 45.3 Å². The third-order valence-electron chi connectivity index (χ3n) is 4.78. The first kappa shape index (κ1) is 25.1. The molecule has 11 heteroatoms. The third kappa shape index (κ3) is 6.50. The van der Waals surface area contributed by atoms with Gasteiger partial charge in [0.15, 0.2) is 11.5 Å². The Morgan fingerprint density at radius 1 is 0.943 bits per heavy atom. The molecule has 0 saturated heterocycles. The van der Waals surface area contributed by atoms with E-state index in [9.17, 15) is 19.2 Å². The maximum absolute atomic E-state index is 12.4. The van der Waals surface area contributed by atoms with Crippen molar-refractivity contribution in [1.29, 1.82) is 0 Å². The number of ether oxygens (including phenoxy) is 4. The second-order valence-corrected chi connectivity index (χ2v) is 7.06. The first-order valence-corrected chi connectivity index (χ1v) is 10.5. The normalized spacial score (nSPS) is 10.4. The molecule has 11 nitrogen and oxygen atoms in total. The van der Waals surface area contributed by atoms with E-state index in [1.54, 1.807) is 25.1 Å². The molecule has 2 amide bonds. The zero-order chi connectivity index (χ0) is 25.4. The molecule has 3 rings (SSSR count). The molecule has 0 aliphatic carbocycles. The van der Waals surface area contributed by atoms with Gasteiger partial charge >= 0.3 is 17.7 Å². The first-order chi connectivity index (χ1) is 16.8. The zero-order valence-electron chi connectivity index (χ0n) is 19.3. The minimum absolute atomic E-state index is 0.194. The van der Waals surface area contributed by atoms with Crippen molar-refractivity contribution in [3.8, 4) is 11.5 Å². The predicted molar refractivity (Wildman–Crippen MR) is 125 cm³/mol. The fraction of sp³-hybridized carbons (Fsp3) is 0.250. The van der Waals surface area contributed by atoms with Crippen LogP contribution in [0.2, 0.25) is 0 Å². The summed E-state index contributed by atoms with van der Waals surface area (Å²) in [6, 6.07) is 10.5. The van der Waals surface area contributed by atoms with Crippen molar-refractivity contribution in [2.45, 2.75) is 13.5 Å². The number of rotatable bonds is 9. The summed E-state index contributed by atoms with van der Waals surface area (Å²) in [5.41, 5.74) is 0.581. The molecule has 0 atom stereocenters. The van der Waals surface area contributed by atoms with Crippen molar-refractivity contribution in [3.63, 3.8) is 0 Å². The summed E-state index contributed by atoms with van der Waals surface area (Å²) in [6.07, 6.45) is -0.644. The van der Waals surface area contributed by atoms with Crippen LogP contribution in [0.1, 0.15) is 22.8 Å². The van der Waals surface area contributed by atoms with Gasteiger partial charge in [0, 0.05) is 34.3 Å². The minimum atomic E-state index is -0.708. The van der Waals surface area contributed by atoms with Crippen molar-refractivity contribution < 1.29 is 37.7 Å². The highest BCUT2D eigenvalue weighted by Crippen LogP contribution is 2.27. The molecule has 1 heterocycles. The maximum atomic E-state index is 12.4. The Hall–Kier alpha value is -4.54. The highest BCUT2D eigenvalue weighted by molar-refractivity contribution is 5.96. The average Bonchev–Trinajstić information content (AvgIpc) is 2.85. The number of benzene rings is 2. The van der Waals surface area contributed by atoms with Gasteiger partial charge in [-0.15, -0.1) is 0 Å². The van der Waals surface area contributed by atoms with Gasteiger partial charge in [-0.05, 0) is 37.3 Å². The second kappa shape index (κ2) is 11.5. The predicted octanol–water partition coefficient (Wildman–Crippen LogP) is 2.85. The van der Waals surface area contributed by atoms with Gasteiger partial charge in [-0.1, -0.05) is 0 Å². The van der Waals surface area contributed by atoms with Crippen molar-refractivity contribution in [2.75, 3.05) is 32.7 Å². The van der Waals surface area contributed by atoms with Crippen LogP contribution in [0.4, 0.5) is 10.5 Å². The van der Waals surface area contributed by atoms with E-state index < -0.39 is 23.6 Å². The number of fused-ring (bicyclic) bond motifs is 1. The molecule has 0 saturated carbocycles. The first-order valence-electron chi connectivity index (χ1n) is 10.5. The molecular weight excluding hydrogens is 460 g/mol. The van der Waals surface area contributed by atoms with Crippen molar-refractivity contribution in [2.24, 2.45) is 0 Å². The Morgan fingerprint density at radius 3 is 2.43 bits per heavy atom. The van der Waals surface area contributed by atoms with E-state index in [4.69, 9.17) is 23.4 Å². The number of anilines is 1. The molecule has 0 radical (unpaired) electrons. The molecule has 35 heavy (non-hydrogen) atoms. The molecule has 1 aromatic heterocycles. The van der Waals surface area contributed by atoms with E-state index in [1.807, 2.05) is 0 Å². The number of carbonyl (C=O) groups is 3. The number of amides is 2. The summed E-state index contributed by atoms with van der Waals surface area (Å²) in [4.78, 5) is 48.1. The molecule has 3 aromatic rings. The molecular formula is C24H24N2O9. The molecule has 2 N–H and O–H groups in total. The summed E-state index contributed by atoms with van der Waals surface area (Å²) >= 11 is 0. The third-order valence-corrected chi connectivity index (χ3v) is 4.78. The highest BCUT2D eigenvalue weighted by atomic mass is 16.5. The standard InChI is InChI=1S/C24H24N2O9/c1-4-33-24(30)26-16-6-7-17-15(10-21(27)35-19(17)11-16)13-34-22(28)12-25-23(29)14-5-8-18(31-2)20(9-14)32-3/h5-11H,4,12-13H2,1-3H3,(H,25,29)(H,26,30). The van der Waals surface area contributed by atoms with Gasteiger partial charge in [0.05, 0.1) is 20.8 Å². The summed E-state index contributed by atoms with van der Waals surface area (Å²) < 4.78 is 25.5. The Morgan fingerprint density at radius 2 is 1.71 bits per heavy atom. The molecule has 0 unspecified atom stereocenters. The van der Waals surface area contributed by atoms with Crippen LogP contribution in [0.25, 0.3) is 11.0 Å². The van der Waals surface area contributed by atoms with Gasteiger partial charge in [-0.2, -0.15) is 0 Å². The lowest BCUT2D eigenvalue weighted by Crippen LogP contribution is -2.30. The van der Waals surface area contributed by atoms with Gasteiger partial charge in [-0.3, -0.25) is 14.9 Å². The summed E-state index contributed by atoms with van der Waals surface area (Å²) in [5.74, 6) is -0.374. The molecule has 0 spiro atoms. The van der Waals surface area contributed by atoms with E-state index >= 15 is 0 Å². The van der Waals surface area contributed by atoms with Crippen LogP contribution in [0, 0.1) is 0 Å².